The SMILES string of the molecule is CCCCCSc1nsc(NC(=O)NCCCO)c1C(N)=O. The lowest BCUT2D eigenvalue weighted by Crippen LogP contribution is -2.30. The Balaban J connectivity index is 2.64. The summed E-state index contributed by atoms with van der Waals surface area (Å²) in [6.07, 6.45) is 3.77. The van der Waals surface area contributed by atoms with Gasteiger partial charge in [-0.25, -0.2) is 4.79 Å². The van der Waals surface area contributed by atoms with Crippen LogP contribution >= 0.6 is 23.3 Å². The van der Waals surface area contributed by atoms with Crippen LogP contribution in [0, 0.1) is 0 Å². The lowest BCUT2D eigenvalue weighted by molar-refractivity contribution is 0.0998. The maximum atomic E-state index is 11.7. The first kappa shape index (κ1) is 18.7. The van der Waals surface area contributed by atoms with Crippen LogP contribution in [0.1, 0.15) is 43.0 Å². The summed E-state index contributed by atoms with van der Waals surface area (Å²) < 4.78 is 4.21. The standard InChI is InChI=1S/C13H22N4O3S2/c1-2-3-4-8-21-12-9(10(14)19)11(22-17-12)16-13(20)15-6-5-7-18/h18H,2-8H2,1H3,(H2,14,19)(H2,15,16,20). The molecule has 22 heavy (non-hydrogen) atoms. The number of aliphatic hydroxyl groups excluding tert-OH is 1. The number of carbonyl (C=O) groups excluding carboxylic acids is 2. The minimum absolute atomic E-state index is 0.00587. The molecule has 0 spiro atoms. The van der Waals surface area contributed by atoms with Crippen LogP contribution in [0.15, 0.2) is 5.03 Å². The van der Waals surface area contributed by atoms with E-state index in [2.05, 4.69) is 21.9 Å². The molecular formula is C13H22N4O3S2. The van der Waals surface area contributed by atoms with E-state index in [1.54, 1.807) is 0 Å². The summed E-state index contributed by atoms with van der Waals surface area (Å²) in [5.41, 5.74) is 5.66. The number of amides is 3. The quantitative estimate of drug-likeness (QED) is 0.382. The zero-order valence-electron chi connectivity index (χ0n) is 12.6. The van der Waals surface area contributed by atoms with E-state index < -0.39 is 11.9 Å². The Morgan fingerprint density at radius 3 is 2.77 bits per heavy atom. The summed E-state index contributed by atoms with van der Waals surface area (Å²) >= 11 is 2.52. The van der Waals surface area contributed by atoms with Crippen molar-refractivity contribution in [3.63, 3.8) is 0 Å². The van der Waals surface area contributed by atoms with Gasteiger partial charge < -0.3 is 16.2 Å². The molecule has 1 rings (SSSR count). The summed E-state index contributed by atoms with van der Waals surface area (Å²) in [5, 5.41) is 14.7. The average molecular weight is 346 g/mol. The first-order chi connectivity index (χ1) is 10.6. The molecule has 0 fully saturated rings. The number of rotatable bonds is 10. The highest BCUT2D eigenvalue weighted by molar-refractivity contribution is 7.99. The molecular weight excluding hydrogens is 324 g/mol. The second-order valence-corrected chi connectivity index (χ2v) is 6.43. The Bertz CT molecular complexity index is 494. The summed E-state index contributed by atoms with van der Waals surface area (Å²) in [6.45, 7) is 2.48. The second kappa shape index (κ2) is 10.4. The van der Waals surface area contributed by atoms with E-state index in [0.29, 0.717) is 23.0 Å². The van der Waals surface area contributed by atoms with Gasteiger partial charge in [0.25, 0.3) is 5.91 Å². The minimum Gasteiger partial charge on any atom is -0.396 e. The third kappa shape index (κ3) is 6.20. The molecule has 1 heterocycles. The predicted molar refractivity (Wildman–Crippen MR) is 89.6 cm³/mol. The normalized spacial score (nSPS) is 10.5. The number of aromatic nitrogens is 1. The fourth-order valence-electron chi connectivity index (χ4n) is 1.63. The summed E-state index contributed by atoms with van der Waals surface area (Å²) in [6, 6.07) is -0.442. The van der Waals surface area contributed by atoms with E-state index in [1.807, 2.05) is 0 Å². The van der Waals surface area contributed by atoms with Crippen LogP contribution in [-0.4, -0.2) is 40.3 Å². The number of primary amides is 1. The van der Waals surface area contributed by atoms with E-state index in [4.69, 9.17) is 10.8 Å². The number of anilines is 1. The molecule has 5 N–H and O–H groups in total. The molecule has 0 unspecified atom stereocenters. The van der Waals surface area contributed by atoms with Gasteiger partial charge in [0.15, 0.2) is 0 Å². The fraction of sp³-hybridized carbons (Fsp3) is 0.615. The van der Waals surface area contributed by atoms with Crippen molar-refractivity contribution < 1.29 is 14.7 Å². The van der Waals surface area contributed by atoms with Crippen molar-refractivity contribution in [3.05, 3.63) is 5.56 Å². The fourth-order valence-corrected chi connectivity index (χ4v) is 3.59. The molecule has 0 atom stereocenters. The van der Waals surface area contributed by atoms with Crippen LogP contribution in [0.5, 0.6) is 0 Å². The topological polar surface area (TPSA) is 117 Å². The van der Waals surface area contributed by atoms with Gasteiger partial charge in [0.2, 0.25) is 0 Å². The Morgan fingerprint density at radius 2 is 2.14 bits per heavy atom. The first-order valence-corrected chi connectivity index (χ1v) is 8.94. The lowest BCUT2D eigenvalue weighted by atomic mass is 10.3. The van der Waals surface area contributed by atoms with Crippen molar-refractivity contribution in [1.82, 2.24) is 9.69 Å². The summed E-state index contributed by atoms with van der Waals surface area (Å²) in [5.74, 6) is 0.261. The van der Waals surface area contributed by atoms with Crippen molar-refractivity contribution in [2.24, 2.45) is 5.73 Å². The van der Waals surface area contributed by atoms with Gasteiger partial charge in [-0.1, -0.05) is 19.8 Å². The van der Waals surface area contributed by atoms with Crippen molar-refractivity contribution in [1.29, 1.82) is 0 Å². The second-order valence-electron chi connectivity index (χ2n) is 4.57. The van der Waals surface area contributed by atoms with Crippen LogP contribution in [0.25, 0.3) is 0 Å². The van der Waals surface area contributed by atoms with Gasteiger partial charge in [0, 0.05) is 13.2 Å². The van der Waals surface area contributed by atoms with Crippen molar-refractivity contribution in [3.8, 4) is 0 Å². The first-order valence-electron chi connectivity index (χ1n) is 7.18. The molecule has 0 saturated carbocycles. The van der Waals surface area contributed by atoms with Crippen molar-refractivity contribution >= 4 is 40.2 Å². The maximum Gasteiger partial charge on any atom is 0.319 e. The third-order valence-electron chi connectivity index (χ3n) is 2.74. The van der Waals surface area contributed by atoms with E-state index in [0.717, 1.165) is 36.5 Å². The van der Waals surface area contributed by atoms with E-state index in [9.17, 15) is 9.59 Å². The molecule has 0 aromatic carbocycles. The Morgan fingerprint density at radius 1 is 1.36 bits per heavy atom. The average Bonchev–Trinajstić information content (AvgIpc) is 2.86. The van der Waals surface area contributed by atoms with Crippen LogP contribution in [0.3, 0.4) is 0 Å². The van der Waals surface area contributed by atoms with Crippen molar-refractivity contribution in [2.45, 2.75) is 37.6 Å². The number of hydrogen-bond donors (Lipinski definition) is 4. The number of aliphatic hydroxyl groups is 1. The molecule has 0 radical (unpaired) electrons. The van der Waals surface area contributed by atoms with Gasteiger partial charge in [0.1, 0.15) is 15.6 Å². The maximum absolute atomic E-state index is 11.7. The highest BCUT2D eigenvalue weighted by atomic mass is 32.2. The summed E-state index contributed by atoms with van der Waals surface area (Å²) in [4.78, 5) is 23.3. The number of thioether (sulfide) groups is 1. The van der Waals surface area contributed by atoms with E-state index >= 15 is 0 Å². The van der Waals surface area contributed by atoms with E-state index in [1.165, 1.54) is 11.8 Å². The molecule has 0 aliphatic carbocycles. The van der Waals surface area contributed by atoms with Gasteiger partial charge >= 0.3 is 6.03 Å². The number of hydrogen-bond acceptors (Lipinski definition) is 6. The van der Waals surface area contributed by atoms with Gasteiger partial charge in [-0.2, -0.15) is 4.37 Å². The Labute approximate surface area is 138 Å². The van der Waals surface area contributed by atoms with Gasteiger partial charge in [-0.15, -0.1) is 11.8 Å². The molecule has 0 saturated heterocycles. The Kier molecular flexibility index (Phi) is 8.86. The third-order valence-corrected chi connectivity index (χ3v) is 4.68. The number of nitrogens with one attached hydrogen (secondary N) is 2. The lowest BCUT2D eigenvalue weighted by Gasteiger charge is -2.06. The molecule has 0 aliphatic rings. The number of carbonyl (C=O) groups is 2. The van der Waals surface area contributed by atoms with Gasteiger partial charge in [0.05, 0.1) is 0 Å². The number of nitrogens with two attached hydrogens (primary N) is 1. The molecule has 9 heteroatoms. The molecule has 1 aromatic heterocycles. The van der Waals surface area contributed by atoms with E-state index in [-0.39, 0.29) is 12.2 Å². The van der Waals surface area contributed by atoms with Crippen LogP contribution in [-0.2, 0) is 0 Å². The number of nitrogens with zero attached hydrogens (tertiary/aromatic N) is 1. The number of urea groups is 1. The van der Waals surface area contributed by atoms with Crippen LogP contribution in [0.4, 0.5) is 9.80 Å². The monoisotopic (exact) mass is 346 g/mol. The predicted octanol–water partition coefficient (Wildman–Crippen LogP) is 2.03. The molecule has 124 valence electrons. The van der Waals surface area contributed by atoms with Gasteiger partial charge in [-0.3, -0.25) is 10.1 Å². The number of unbranched alkanes of at least 4 members (excludes halogenated alkanes) is 2. The Hall–Kier alpha value is -1.32. The van der Waals surface area contributed by atoms with Gasteiger partial charge in [-0.05, 0) is 30.1 Å². The molecule has 7 nitrogen and oxygen atoms in total. The highest BCUT2D eigenvalue weighted by Gasteiger charge is 2.20. The van der Waals surface area contributed by atoms with Crippen LogP contribution < -0.4 is 16.4 Å². The molecule has 1 aromatic rings. The molecule has 3 amide bonds. The molecule has 0 aliphatic heterocycles. The minimum atomic E-state index is -0.600. The largest absolute Gasteiger partial charge is 0.396 e. The smallest absolute Gasteiger partial charge is 0.319 e. The zero-order valence-corrected chi connectivity index (χ0v) is 14.2. The highest BCUT2D eigenvalue weighted by Crippen LogP contribution is 2.32. The summed E-state index contributed by atoms with van der Waals surface area (Å²) in [7, 11) is 0. The van der Waals surface area contributed by atoms with Crippen LogP contribution in [0.2, 0.25) is 0 Å². The van der Waals surface area contributed by atoms with Crippen molar-refractivity contribution in [2.75, 3.05) is 24.2 Å². The molecule has 0 bridgehead atoms. The zero-order chi connectivity index (χ0) is 16.4.